The van der Waals surface area contributed by atoms with E-state index in [9.17, 15) is 0 Å². The van der Waals surface area contributed by atoms with Crippen molar-refractivity contribution in [3.05, 3.63) is 0 Å². The summed E-state index contributed by atoms with van der Waals surface area (Å²) in [5, 5.41) is 0. The van der Waals surface area contributed by atoms with Crippen LogP contribution in [0.2, 0.25) is 0 Å². The third-order valence-corrected chi connectivity index (χ3v) is 0. The second kappa shape index (κ2) is 12.9. The molecule has 0 aromatic heterocycles. The zero-order chi connectivity index (χ0) is 4.50. The van der Waals surface area contributed by atoms with Crippen LogP contribution in [0.5, 0.6) is 0 Å². The standard InChI is InChI=1S/2Na.H2O4Te.2H2O/c;;1-5(2,3)4;;/h;;(H2,1,2,3,4);2*1H2/q2*+1;;;/p-2. The van der Waals surface area contributed by atoms with Gasteiger partial charge >= 0.3 is 91.2 Å². The van der Waals surface area contributed by atoms with Crippen molar-refractivity contribution in [1.82, 2.24) is 0 Å². The van der Waals surface area contributed by atoms with Crippen LogP contribution in [-0.2, 0) is 6.21 Å². The van der Waals surface area contributed by atoms with Crippen molar-refractivity contribution in [1.29, 1.82) is 0 Å². The third kappa shape index (κ3) is 139. The van der Waals surface area contributed by atoms with E-state index in [4.69, 9.17) is 13.2 Å². The molecule has 0 amide bonds. The van der Waals surface area contributed by atoms with Crippen LogP contribution < -0.4 is 66.1 Å². The van der Waals surface area contributed by atoms with Gasteiger partial charge in [-0.1, -0.05) is 0 Å². The van der Waals surface area contributed by atoms with Crippen molar-refractivity contribution < 1.29 is 83.2 Å². The predicted octanol–water partition coefficient (Wildman–Crippen LogP) is -10.6. The summed E-state index contributed by atoms with van der Waals surface area (Å²) >= 11 is -6.02. The molecule has 0 saturated carbocycles. The number of hydrogen-bond donors (Lipinski definition) is 0. The minimum absolute atomic E-state index is 0. The SMILES string of the molecule is O.O.O=[Te](=O)([O-])[O-].[Na+].[Na+]. The maximum absolute atomic E-state index is 8.63. The van der Waals surface area contributed by atoms with Gasteiger partial charge in [0.05, 0.1) is 0 Å². The van der Waals surface area contributed by atoms with Crippen molar-refractivity contribution in [2.45, 2.75) is 0 Å². The summed E-state index contributed by atoms with van der Waals surface area (Å²) in [4.78, 5) is 0. The molecule has 48 valence electrons. The Morgan fingerprint density at radius 2 is 0.889 bits per heavy atom. The Kier molecular flexibility index (Phi) is 43.3. The van der Waals surface area contributed by atoms with E-state index in [1.54, 1.807) is 0 Å². The molecule has 0 spiro atoms. The van der Waals surface area contributed by atoms with Gasteiger partial charge < -0.3 is 11.0 Å². The molecule has 0 bridgehead atoms. The van der Waals surface area contributed by atoms with Gasteiger partial charge in [-0.05, 0) is 0 Å². The molecule has 0 rings (SSSR count). The van der Waals surface area contributed by atoms with Crippen molar-refractivity contribution in [2.75, 3.05) is 0 Å². The van der Waals surface area contributed by atoms with Crippen LogP contribution in [0.1, 0.15) is 0 Å². The quantitative estimate of drug-likeness (QED) is 0.404. The Labute approximate surface area is 100 Å². The van der Waals surface area contributed by atoms with E-state index in [1.807, 2.05) is 0 Å². The topological polar surface area (TPSA) is 143 Å². The van der Waals surface area contributed by atoms with Crippen molar-refractivity contribution >= 4 is 19.0 Å². The first-order valence-electron chi connectivity index (χ1n) is 0.667. The number of rotatable bonds is 0. The average molecular weight is 274 g/mol. The van der Waals surface area contributed by atoms with E-state index >= 15 is 0 Å². The Morgan fingerprint density at radius 3 is 0.889 bits per heavy atom. The van der Waals surface area contributed by atoms with Crippen LogP contribution in [0.25, 0.3) is 0 Å². The summed E-state index contributed by atoms with van der Waals surface area (Å²) in [6.45, 7) is 0. The summed E-state index contributed by atoms with van der Waals surface area (Å²) in [6, 6.07) is 0. The fourth-order valence-electron chi connectivity index (χ4n) is 0. The van der Waals surface area contributed by atoms with E-state index in [1.165, 1.54) is 0 Å². The second-order valence-electron chi connectivity index (χ2n) is 0.408. The van der Waals surface area contributed by atoms with E-state index in [2.05, 4.69) is 0 Å². The minimum Gasteiger partial charge on any atom is 1.00 e. The zero-order valence-corrected chi connectivity index (χ0v) is 11.4. The summed E-state index contributed by atoms with van der Waals surface area (Å²) < 4.78 is 34.5. The van der Waals surface area contributed by atoms with E-state index < -0.39 is 19.0 Å². The molecule has 9 heteroatoms. The predicted molar refractivity (Wildman–Crippen MR) is 14.4 cm³/mol. The molecule has 0 atom stereocenters. The summed E-state index contributed by atoms with van der Waals surface area (Å²) in [7, 11) is 0. The van der Waals surface area contributed by atoms with Gasteiger partial charge in [-0.15, -0.1) is 0 Å². The van der Waals surface area contributed by atoms with Gasteiger partial charge in [-0.2, -0.15) is 0 Å². The van der Waals surface area contributed by atoms with Gasteiger partial charge in [0.2, 0.25) is 0 Å². The molecule has 0 unspecified atom stereocenters. The molecule has 0 saturated heterocycles. The Balaban J connectivity index is -0.0000000133. The maximum Gasteiger partial charge on any atom is 1.00 e. The van der Waals surface area contributed by atoms with E-state index in [-0.39, 0.29) is 70.1 Å². The van der Waals surface area contributed by atoms with Gasteiger partial charge in [-0.25, -0.2) is 0 Å². The normalized spacial score (nSPS) is 6.44. The van der Waals surface area contributed by atoms with Crippen molar-refractivity contribution in [2.24, 2.45) is 0 Å². The van der Waals surface area contributed by atoms with Crippen LogP contribution in [0.3, 0.4) is 0 Å². The van der Waals surface area contributed by atoms with Crippen molar-refractivity contribution in [3.63, 3.8) is 0 Å². The first kappa shape index (κ1) is 30.3. The Morgan fingerprint density at radius 1 is 0.889 bits per heavy atom. The maximum atomic E-state index is 8.63. The van der Waals surface area contributed by atoms with Gasteiger partial charge in [0.15, 0.2) is 0 Å². The van der Waals surface area contributed by atoms with Gasteiger partial charge in [0.1, 0.15) is 0 Å². The molecule has 0 aliphatic rings. The first-order chi connectivity index (χ1) is 2.00. The molecule has 4 N–H and O–H groups in total. The molecule has 0 fully saturated rings. The molecule has 0 aromatic rings. The molecule has 9 heavy (non-hydrogen) atoms. The van der Waals surface area contributed by atoms with Gasteiger partial charge in [0, 0.05) is 0 Å². The Bertz CT molecular complexity index is 94.2. The van der Waals surface area contributed by atoms with E-state index in [0.29, 0.717) is 0 Å². The fraction of sp³-hybridized carbons (Fsp3) is 0. The third-order valence-electron chi connectivity index (χ3n) is 0. The fourth-order valence-corrected chi connectivity index (χ4v) is 0. The summed E-state index contributed by atoms with van der Waals surface area (Å²) in [5.41, 5.74) is 0. The summed E-state index contributed by atoms with van der Waals surface area (Å²) in [6.07, 6.45) is 0. The zero-order valence-electron chi connectivity index (χ0n) is 5.04. The number of hydrogen-bond acceptors (Lipinski definition) is 4. The van der Waals surface area contributed by atoms with Crippen LogP contribution in [0.4, 0.5) is 0 Å². The van der Waals surface area contributed by atoms with E-state index in [0.717, 1.165) is 0 Å². The minimum atomic E-state index is -6.02. The van der Waals surface area contributed by atoms with Crippen LogP contribution in [-0.4, -0.2) is 29.9 Å². The molecular formula is H4Na2O6Te. The molecular weight excluding hydrogens is 270 g/mol. The first-order valence-corrected chi connectivity index (χ1v) is 4.47. The Hall–Kier alpha value is 2.23. The van der Waals surface area contributed by atoms with Crippen molar-refractivity contribution in [3.8, 4) is 0 Å². The van der Waals surface area contributed by atoms with Gasteiger partial charge in [-0.3, -0.25) is 0 Å². The van der Waals surface area contributed by atoms with Crippen LogP contribution in [0, 0.1) is 0 Å². The molecule has 0 radical (unpaired) electrons. The second-order valence-corrected chi connectivity index (χ2v) is 2.74. The molecule has 0 heterocycles. The summed E-state index contributed by atoms with van der Waals surface area (Å²) in [5.74, 6) is 0. The molecule has 0 aromatic carbocycles. The molecule has 0 aliphatic carbocycles. The van der Waals surface area contributed by atoms with Crippen LogP contribution >= 0.6 is 0 Å². The largest absolute Gasteiger partial charge is 1.00 e. The monoisotopic (exact) mass is 276 g/mol. The van der Waals surface area contributed by atoms with Crippen LogP contribution in [0.15, 0.2) is 0 Å². The average Bonchev–Trinajstić information content (AvgIpc) is 0.722. The molecule has 6 nitrogen and oxygen atoms in total. The molecule has 0 aliphatic heterocycles. The van der Waals surface area contributed by atoms with Gasteiger partial charge in [0.25, 0.3) is 0 Å². The smallest absolute Gasteiger partial charge is 1.00 e.